The molecule has 2 aliphatic carbocycles. The highest BCUT2D eigenvalue weighted by atomic mass is 16.5. The van der Waals surface area contributed by atoms with Crippen molar-refractivity contribution in [1.29, 1.82) is 0 Å². The van der Waals surface area contributed by atoms with E-state index in [4.69, 9.17) is 4.74 Å². The van der Waals surface area contributed by atoms with E-state index in [1.54, 1.807) is 6.08 Å². The first-order chi connectivity index (χ1) is 9.24. The number of Topliss-reactive ketones (excluding diaryl/α,β-unsaturated/α-hetero) is 1. The summed E-state index contributed by atoms with van der Waals surface area (Å²) in [5.74, 6) is 1.70. The van der Waals surface area contributed by atoms with E-state index in [1.807, 2.05) is 0 Å². The largest absolute Gasteiger partial charge is 0.504 e. The van der Waals surface area contributed by atoms with Crippen molar-refractivity contribution in [2.45, 2.75) is 63.9 Å². The van der Waals surface area contributed by atoms with Gasteiger partial charge in [-0.3, -0.25) is 4.79 Å². The lowest BCUT2D eigenvalue weighted by Crippen LogP contribution is -2.29. The second-order valence-electron chi connectivity index (χ2n) is 6.02. The van der Waals surface area contributed by atoms with E-state index in [0.29, 0.717) is 18.8 Å². The number of aliphatic hydroxyl groups excluding tert-OH is 1. The number of fused-ring (bicyclic) bond motifs is 1. The Morgan fingerprint density at radius 3 is 2.58 bits per heavy atom. The molecule has 2 fully saturated rings. The zero-order valence-corrected chi connectivity index (χ0v) is 11.4. The van der Waals surface area contributed by atoms with E-state index >= 15 is 0 Å². The number of aliphatic hydroxyl groups is 1. The van der Waals surface area contributed by atoms with Gasteiger partial charge in [-0.15, -0.1) is 0 Å². The quantitative estimate of drug-likeness (QED) is 0.731. The average Bonchev–Trinajstić information content (AvgIpc) is 2.66. The van der Waals surface area contributed by atoms with Crippen LogP contribution in [0.15, 0.2) is 23.2 Å². The third-order valence-electron chi connectivity index (χ3n) is 4.57. The van der Waals surface area contributed by atoms with Crippen LogP contribution in [-0.2, 0) is 9.53 Å². The minimum atomic E-state index is 0.0341. The van der Waals surface area contributed by atoms with Gasteiger partial charge in [0.15, 0.2) is 5.76 Å². The van der Waals surface area contributed by atoms with Crippen molar-refractivity contribution >= 4 is 5.78 Å². The zero-order chi connectivity index (χ0) is 13.2. The molecule has 1 aliphatic heterocycles. The molecular formula is C16H22O3. The van der Waals surface area contributed by atoms with E-state index in [9.17, 15) is 9.90 Å². The minimum absolute atomic E-state index is 0.0341. The molecule has 0 aromatic heterocycles. The van der Waals surface area contributed by atoms with E-state index in [0.717, 1.165) is 30.6 Å². The number of allylic oxidation sites excluding steroid dienone is 2. The zero-order valence-electron chi connectivity index (χ0n) is 11.4. The molecule has 1 atom stereocenters. The van der Waals surface area contributed by atoms with Crippen LogP contribution in [0.1, 0.15) is 57.8 Å². The molecule has 0 aromatic carbocycles. The SMILES string of the molecule is O=C1CC[C@H]2OC(C3CCCCCC3)=C(O)C=C2C1. The molecule has 0 radical (unpaired) electrons. The van der Waals surface area contributed by atoms with E-state index in [-0.39, 0.29) is 17.6 Å². The molecule has 3 rings (SSSR count). The molecular weight excluding hydrogens is 240 g/mol. The van der Waals surface area contributed by atoms with Crippen molar-refractivity contribution in [1.82, 2.24) is 0 Å². The molecule has 0 bridgehead atoms. The van der Waals surface area contributed by atoms with Crippen molar-refractivity contribution in [3.63, 3.8) is 0 Å². The molecule has 1 N–H and O–H groups in total. The number of carbonyl (C=O) groups excluding carboxylic acids is 1. The molecule has 1 heterocycles. The third-order valence-corrected chi connectivity index (χ3v) is 4.57. The Kier molecular flexibility index (Phi) is 3.63. The van der Waals surface area contributed by atoms with Gasteiger partial charge in [0.1, 0.15) is 17.6 Å². The first-order valence-electron chi connectivity index (χ1n) is 7.56. The normalized spacial score (nSPS) is 29.4. The Morgan fingerprint density at radius 1 is 1.11 bits per heavy atom. The third kappa shape index (κ3) is 2.70. The van der Waals surface area contributed by atoms with Crippen molar-refractivity contribution < 1.29 is 14.6 Å². The second kappa shape index (κ2) is 5.40. The van der Waals surface area contributed by atoms with Gasteiger partial charge >= 0.3 is 0 Å². The van der Waals surface area contributed by atoms with Crippen LogP contribution in [0, 0.1) is 5.92 Å². The Hall–Kier alpha value is -1.25. The monoisotopic (exact) mass is 262 g/mol. The Balaban J connectivity index is 1.80. The van der Waals surface area contributed by atoms with Crippen LogP contribution in [0.4, 0.5) is 0 Å². The average molecular weight is 262 g/mol. The number of carbonyl (C=O) groups is 1. The number of ether oxygens (including phenoxy) is 1. The summed E-state index contributed by atoms with van der Waals surface area (Å²) in [7, 11) is 0. The van der Waals surface area contributed by atoms with E-state index in [2.05, 4.69) is 0 Å². The highest BCUT2D eigenvalue weighted by molar-refractivity contribution is 5.82. The lowest BCUT2D eigenvalue weighted by Gasteiger charge is -2.33. The summed E-state index contributed by atoms with van der Waals surface area (Å²) in [4.78, 5) is 11.5. The fourth-order valence-electron chi connectivity index (χ4n) is 3.49. The summed E-state index contributed by atoms with van der Waals surface area (Å²) in [6.45, 7) is 0. The molecule has 0 unspecified atom stereocenters. The van der Waals surface area contributed by atoms with Gasteiger partial charge in [0, 0.05) is 18.8 Å². The second-order valence-corrected chi connectivity index (χ2v) is 6.02. The van der Waals surface area contributed by atoms with Crippen LogP contribution in [0.5, 0.6) is 0 Å². The van der Waals surface area contributed by atoms with Crippen LogP contribution < -0.4 is 0 Å². The first kappa shape index (κ1) is 12.8. The van der Waals surface area contributed by atoms with Gasteiger partial charge in [-0.1, -0.05) is 25.7 Å². The summed E-state index contributed by atoms with van der Waals surface area (Å²) in [6.07, 6.45) is 10.9. The fraction of sp³-hybridized carbons (Fsp3) is 0.688. The lowest BCUT2D eigenvalue weighted by atomic mass is 9.87. The fourth-order valence-corrected chi connectivity index (χ4v) is 3.49. The summed E-state index contributed by atoms with van der Waals surface area (Å²) in [6, 6.07) is 0. The summed E-state index contributed by atoms with van der Waals surface area (Å²) in [5, 5.41) is 10.2. The highest BCUT2D eigenvalue weighted by Crippen LogP contribution is 2.38. The number of hydrogen-bond acceptors (Lipinski definition) is 3. The van der Waals surface area contributed by atoms with E-state index < -0.39 is 0 Å². The van der Waals surface area contributed by atoms with Gasteiger partial charge in [-0.2, -0.15) is 0 Å². The first-order valence-corrected chi connectivity index (χ1v) is 7.56. The Morgan fingerprint density at radius 2 is 1.84 bits per heavy atom. The van der Waals surface area contributed by atoms with Crippen molar-refractivity contribution in [3.8, 4) is 0 Å². The lowest BCUT2D eigenvalue weighted by molar-refractivity contribution is -0.120. The molecule has 3 nitrogen and oxygen atoms in total. The van der Waals surface area contributed by atoms with Crippen LogP contribution >= 0.6 is 0 Å². The summed E-state index contributed by atoms with van der Waals surface area (Å²) >= 11 is 0. The molecule has 0 aromatic rings. The topological polar surface area (TPSA) is 46.5 Å². The summed E-state index contributed by atoms with van der Waals surface area (Å²) < 4.78 is 6.06. The predicted molar refractivity (Wildman–Crippen MR) is 72.7 cm³/mol. The molecule has 0 amide bonds. The predicted octanol–water partition coefficient (Wildman–Crippen LogP) is 3.80. The molecule has 0 spiro atoms. The molecule has 3 heteroatoms. The standard InChI is InChI=1S/C16H22O3/c17-13-7-8-15-12(9-13)10-14(18)16(19-15)11-5-3-1-2-4-6-11/h10-11,15,18H,1-9H2/t15-/m1/s1. The molecule has 0 saturated heterocycles. The number of rotatable bonds is 1. The number of ketones is 1. The van der Waals surface area contributed by atoms with Crippen LogP contribution in [0.25, 0.3) is 0 Å². The van der Waals surface area contributed by atoms with E-state index in [1.165, 1.54) is 25.7 Å². The minimum Gasteiger partial charge on any atom is -0.504 e. The Bertz CT molecular complexity index is 425. The van der Waals surface area contributed by atoms with Gasteiger partial charge < -0.3 is 9.84 Å². The molecule has 2 saturated carbocycles. The number of hydrogen-bond donors (Lipinski definition) is 1. The molecule has 3 aliphatic rings. The van der Waals surface area contributed by atoms with Gasteiger partial charge in [-0.25, -0.2) is 0 Å². The smallest absolute Gasteiger partial charge is 0.153 e. The van der Waals surface area contributed by atoms with Gasteiger partial charge in [0.2, 0.25) is 0 Å². The van der Waals surface area contributed by atoms with Gasteiger partial charge in [0.05, 0.1) is 0 Å². The highest BCUT2D eigenvalue weighted by Gasteiger charge is 2.33. The van der Waals surface area contributed by atoms with Crippen molar-refractivity contribution in [3.05, 3.63) is 23.2 Å². The molecule has 19 heavy (non-hydrogen) atoms. The summed E-state index contributed by atoms with van der Waals surface area (Å²) in [5.41, 5.74) is 0.964. The Labute approximate surface area is 114 Å². The van der Waals surface area contributed by atoms with Crippen LogP contribution in [0.2, 0.25) is 0 Å². The van der Waals surface area contributed by atoms with Crippen LogP contribution in [-0.4, -0.2) is 17.0 Å². The molecule has 104 valence electrons. The van der Waals surface area contributed by atoms with Crippen molar-refractivity contribution in [2.24, 2.45) is 5.92 Å². The maximum Gasteiger partial charge on any atom is 0.153 e. The van der Waals surface area contributed by atoms with Crippen molar-refractivity contribution in [2.75, 3.05) is 0 Å². The van der Waals surface area contributed by atoms with Gasteiger partial charge in [0.25, 0.3) is 0 Å². The van der Waals surface area contributed by atoms with Crippen LogP contribution in [0.3, 0.4) is 0 Å². The maximum absolute atomic E-state index is 11.5. The van der Waals surface area contributed by atoms with Gasteiger partial charge in [-0.05, 0) is 30.9 Å². The maximum atomic E-state index is 11.5.